The van der Waals surface area contributed by atoms with E-state index in [0.717, 1.165) is 30.0 Å². The van der Waals surface area contributed by atoms with Gasteiger partial charge in [0.2, 0.25) is 0 Å². The van der Waals surface area contributed by atoms with Crippen molar-refractivity contribution < 1.29 is 14.3 Å². The first kappa shape index (κ1) is 17.4. The number of ether oxygens (including phenoxy) is 1. The van der Waals surface area contributed by atoms with E-state index < -0.39 is 11.9 Å². The molecule has 3 rings (SSSR count). The highest BCUT2D eigenvalue weighted by molar-refractivity contribution is 6.35. The lowest BCUT2D eigenvalue weighted by atomic mass is 9.81. The average molecular weight is 340 g/mol. The molecule has 1 aliphatic heterocycles. The van der Waals surface area contributed by atoms with E-state index in [-0.39, 0.29) is 6.61 Å². The van der Waals surface area contributed by atoms with Crippen LogP contribution in [-0.4, -0.2) is 17.7 Å². The van der Waals surface area contributed by atoms with Crippen molar-refractivity contribution in [2.45, 2.75) is 45.6 Å². The van der Waals surface area contributed by atoms with Gasteiger partial charge in [0.25, 0.3) is 0 Å². The summed E-state index contributed by atoms with van der Waals surface area (Å²) in [5.41, 5.74) is 1.90. The molecule has 1 amide bonds. The third-order valence-electron chi connectivity index (χ3n) is 4.78. The molecule has 2 aliphatic rings. The quantitative estimate of drug-likeness (QED) is 0.678. The van der Waals surface area contributed by atoms with Gasteiger partial charge >= 0.3 is 11.9 Å². The van der Waals surface area contributed by atoms with Crippen LogP contribution in [0.15, 0.2) is 47.1 Å². The molecule has 0 aromatic heterocycles. The van der Waals surface area contributed by atoms with Gasteiger partial charge in [-0.05, 0) is 24.3 Å². The van der Waals surface area contributed by atoms with Gasteiger partial charge in [-0.25, -0.2) is 9.79 Å². The summed E-state index contributed by atoms with van der Waals surface area (Å²) < 4.78 is 5.03. The van der Waals surface area contributed by atoms with E-state index >= 15 is 0 Å². The van der Waals surface area contributed by atoms with E-state index in [1.807, 2.05) is 30.3 Å². The summed E-state index contributed by atoms with van der Waals surface area (Å²) in [4.78, 5) is 28.3. The minimum atomic E-state index is -0.883. The number of benzene rings is 1. The molecule has 2 unspecified atom stereocenters. The van der Waals surface area contributed by atoms with Crippen molar-refractivity contribution in [2.75, 3.05) is 0 Å². The molecule has 0 bridgehead atoms. The SMILES string of the molecule is CC1CCCC(C2=CCC(NC(=O)C(=O)OCc3ccccc3)=N2)C1. The molecule has 0 spiro atoms. The Labute approximate surface area is 148 Å². The van der Waals surface area contributed by atoms with E-state index in [1.54, 1.807) is 0 Å². The first-order chi connectivity index (χ1) is 12.1. The number of nitrogens with zero attached hydrogens (tertiary/aromatic N) is 1. The second-order valence-corrected chi connectivity index (χ2v) is 6.88. The number of rotatable bonds is 3. The first-order valence-corrected chi connectivity index (χ1v) is 8.91. The second kappa shape index (κ2) is 8.10. The predicted octanol–water partition coefficient (Wildman–Crippen LogP) is 3.36. The molecule has 1 aromatic carbocycles. The lowest BCUT2D eigenvalue weighted by molar-refractivity contribution is -0.155. The molecule has 5 heteroatoms. The number of aliphatic imine (C=N–C) groups is 1. The fourth-order valence-corrected chi connectivity index (χ4v) is 3.46. The van der Waals surface area contributed by atoms with Crippen molar-refractivity contribution in [1.29, 1.82) is 0 Å². The highest BCUT2D eigenvalue weighted by Gasteiger charge is 2.25. The zero-order valence-corrected chi connectivity index (χ0v) is 14.5. The zero-order valence-electron chi connectivity index (χ0n) is 14.5. The zero-order chi connectivity index (χ0) is 17.6. The maximum absolute atomic E-state index is 12.0. The first-order valence-electron chi connectivity index (χ1n) is 8.91. The number of carbonyl (C=O) groups is 2. The van der Waals surface area contributed by atoms with Crippen LogP contribution in [0, 0.1) is 11.8 Å². The van der Waals surface area contributed by atoms with Crippen LogP contribution in [0.5, 0.6) is 0 Å². The third kappa shape index (κ3) is 4.78. The number of hydrogen-bond donors (Lipinski definition) is 1. The van der Waals surface area contributed by atoms with Gasteiger partial charge in [0.15, 0.2) is 0 Å². The number of carbonyl (C=O) groups excluding carboxylic acids is 2. The minimum Gasteiger partial charge on any atom is -0.454 e. The van der Waals surface area contributed by atoms with Gasteiger partial charge in [-0.1, -0.05) is 56.2 Å². The summed E-state index contributed by atoms with van der Waals surface area (Å²) in [6.07, 6.45) is 7.44. The number of esters is 1. The molecule has 0 saturated heterocycles. The largest absolute Gasteiger partial charge is 0.454 e. The summed E-state index contributed by atoms with van der Waals surface area (Å²) in [7, 11) is 0. The Kier molecular flexibility index (Phi) is 5.64. The Morgan fingerprint density at radius 3 is 2.80 bits per heavy atom. The van der Waals surface area contributed by atoms with Crippen molar-refractivity contribution in [1.82, 2.24) is 5.32 Å². The van der Waals surface area contributed by atoms with Gasteiger partial charge in [-0.2, -0.15) is 0 Å². The molecule has 1 saturated carbocycles. The average Bonchev–Trinajstić information content (AvgIpc) is 3.09. The van der Waals surface area contributed by atoms with Crippen LogP contribution in [0.4, 0.5) is 0 Å². The van der Waals surface area contributed by atoms with Gasteiger partial charge < -0.3 is 10.1 Å². The topological polar surface area (TPSA) is 67.8 Å². The van der Waals surface area contributed by atoms with Crippen LogP contribution in [0.3, 0.4) is 0 Å². The van der Waals surface area contributed by atoms with Crippen LogP contribution in [-0.2, 0) is 20.9 Å². The Morgan fingerprint density at radius 1 is 1.24 bits per heavy atom. The molecule has 25 heavy (non-hydrogen) atoms. The maximum Gasteiger partial charge on any atom is 0.397 e. The fourth-order valence-electron chi connectivity index (χ4n) is 3.46. The molecule has 2 atom stereocenters. The van der Waals surface area contributed by atoms with Crippen molar-refractivity contribution in [3.8, 4) is 0 Å². The highest BCUT2D eigenvalue weighted by atomic mass is 16.5. The predicted molar refractivity (Wildman–Crippen MR) is 95.6 cm³/mol. The van der Waals surface area contributed by atoms with Gasteiger partial charge in [-0.3, -0.25) is 4.79 Å². The Hall–Kier alpha value is -2.43. The molecule has 5 nitrogen and oxygen atoms in total. The molecule has 0 radical (unpaired) electrons. The maximum atomic E-state index is 12.0. The molecule has 1 N–H and O–H groups in total. The summed E-state index contributed by atoms with van der Waals surface area (Å²) in [5.74, 6) is 0.0900. The third-order valence-corrected chi connectivity index (χ3v) is 4.78. The standard InChI is InChI=1S/C20H24N2O3/c1-14-6-5-9-16(12-14)17-10-11-18(21-17)22-19(23)20(24)25-13-15-7-3-2-4-8-15/h2-4,7-8,10,14,16H,5-6,9,11-13H2,1H3,(H,21,22,23). The molecular formula is C20H24N2O3. The number of amides is 1. The van der Waals surface area contributed by atoms with E-state index in [2.05, 4.69) is 23.3 Å². The van der Waals surface area contributed by atoms with Crippen LogP contribution in [0.1, 0.15) is 44.6 Å². The Bertz CT molecular complexity index is 694. The molecule has 1 heterocycles. The smallest absolute Gasteiger partial charge is 0.397 e. The van der Waals surface area contributed by atoms with Crippen molar-refractivity contribution >= 4 is 17.7 Å². The molecular weight excluding hydrogens is 316 g/mol. The number of allylic oxidation sites excluding steroid dienone is 1. The normalized spacial score (nSPS) is 22.8. The molecule has 132 valence electrons. The van der Waals surface area contributed by atoms with Crippen LogP contribution < -0.4 is 5.32 Å². The van der Waals surface area contributed by atoms with Crippen LogP contribution >= 0.6 is 0 Å². The van der Waals surface area contributed by atoms with E-state index in [4.69, 9.17) is 4.74 Å². The van der Waals surface area contributed by atoms with Crippen LogP contribution in [0.2, 0.25) is 0 Å². The van der Waals surface area contributed by atoms with Gasteiger partial charge in [0, 0.05) is 18.0 Å². The van der Waals surface area contributed by atoms with Gasteiger partial charge in [-0.15, -0.1) is 0 Å². The van der Waals surface area contributed by atoms with E-state index in [1.165, 1.54) is 12.8 Å². The summed E-state index contributed by atoms with van der Waals surface area (Å²) in [6.45, 7) is 2.36. The van der Waals surface area contributed by atoms with Crippen molar-refractivity contribution in [3.05, 3.63) is 47.7 Å². The lowest BCUT2D eigenvalue weighted by Crippen LogP contribution is -2.36. The summed E-state index contributed by atoms with van der Waals surface area (Å²) >= 11 is 0. The molecule has 1 aliphatic carbocycles. The van der Waals surface area contributed by atoms with Gasteiger partial charge in [0.05, 0.1) is 0 Å². The minimum absolute atomic E-state index is 0.0863. The number of hydrogen-bond acceptors (Lipinski definition) is 4. The van der Waals surface area contributed by atoms with Crippen molar-refractivity contribution in [3.63, 3.8) is 0 Å². The number of amidine groups is 1. The van der Waals surface area contributed by atoms with Crippen LogP contribution in [0.25, 0.3) is 0 Å². The van der Waals surface area contributed by atoms with E-state index in [0.29, 0.717) is 18.2 Å². The fraction of sp³-hybridized carbons (Fsp3) is 0.450. The monoisotopic (exact) mass is 340 g/mol. The molecule has 1 fully saturated rings. The Morgan fingerprint density at radius 2 is 2.04 bits per heavy atom. The lowest BCUT2D eigenvalue weighted by Gasteiger charge is -2.26. The number of nitrogens with one attached hydrogen (secondary N) is 1. The van der Waals surface area contributed by atoms with Gasteiger partial charge in [0.1, 0.15) is 12.4 Å². The Balaban J connectivity index is 1.48. The molecule has 1 aromatic rings. The summed E-state index contributed by atoms with van der Waals surface area (Å²) in [5, 5.41) is 2.58. The summed E-state index contributed by atoms with van der Waals surface area (Å²) in [6, 6.07) is 9.28. The van der Waals surface area contributed by atoms with Crippen molar-refractivity contribution in [2.24, 2.45) is 16.8 Å². The second-order valence-electron chi connectivity index (χ2n) is 6.88. The van der Waals surface area contributed by atoms with E-state index in [9.17, 15) is 9.59 Å². The highest BCUT2D eigenvalue weighted by Crippen LogP contribution is 2.35.